The Morgan fingerprint density at radius 2 is 0.786 bits per heavy atom. The van der Waals surface area contributed by atoms with Crippen molar-refractivity contribution in [2.75, 3.05) is 0 Å². The number of hydrogen-bond donors (Lipinski definition) is 0. The highest BCUT2D eigenvalue weighted by molar-refractivity contribution is 6.95. The van der Waals surface area contributed by atoms with E-state index in [1.54, 1.807) is 0 Å². The van der Waals surface area contributed by atoms with Gasteiger partial charge < -0.3 is 13.3 Å². The van der Waals surface area contributed by atoms with Gasteiger partial charge in [0.15, 0.2) is 0 Å². The first-order valence-corrected chi connectivity index (χ1v) is 20.6. The van der Waals surface area contributed by atoms with E-state index >= 15 is 0 Å². The first-order chi connectivity index (χ1) is 20.4. The van der Waals surface area contributed by atoms with Gasteiger partial charge in [0, 0.05) is 6.10 Å². The second kappa shape index (κ2) is 14.2. The van der Waals surface area contributed by atoms with Crippen molar-refractivity contribution in [1.82, 2.24) is 0 Å². The zero-order valence-electron chi connectivity index (χ0n) is 24.4. The normalized spacial score (nSPS) is 19.3. The van der Waals surface area contributed by atoms with Crippen LogP contribution in [0.15, 0.2) is 165 Å². The maximum atomic E-state index is 7.18. The molecule has 0 saturated heterocycles. The molecule has 0 bridgehead atoms. The lowest BCUT2D eigenvalue weighted by Gasteiger charge is -2.44. The van der Waals surface area contributed by atoms with Gasteiger partial charge in [-0.25, -0.2) is 0 Å². The molecule has 1 aliphatic rings. The third-order valence-corrected chi connectivity index (χ3v) is 17.7. The highest BCUT2D eigenvalue weighted by Gasteiger charge is 2.45. The molecule has 3 aromatic rings. The van der Waals surface area contributed by atoms with Crippen LogP contribution in [-0.4, -0.2) is 43.3 Å². The van der Waals surface area contributed by atoms with E-state index in [-0.39, 0.29) is 18.3 Å². The van der Waals surface area contributed by atoms with Gasteiger partial charge in [-0.2, -0.15) is 0 Å². The summed E-state index contributed by atoms with van der Waals surface area (Å²) in [5.74, 6) is 0. The molecule has 0 spiro atoms. The minimum Gasteiger partial charge on any atom is -0.402 e. The summed E-state index contributed by atoms with van der Waals surface area (Å²) in [7, 11) is -8.11. The van der Waals surface area contributed by atoms with Crippen LogP contribution in [-0.2, 0) is 13.3 Å². The van der Waals surface area contributed by atoms with Gasteiger partial charge in [-0.1, -0.05) is 125 Å². The van der Waals surface area contributed by atoms with Gasteiger partial charge in [0.05, 0.1) is 12.2 Å². The molecular weight excluding hydrogens is 565 g/mol. The molecule has 6 heteroatoms. The van der Waals surface area contributed by atoms with E-state index in [0.717, 1.165) is 28.4 Å². The molecule has 1 aliphatic carbocycles. The fourth-order valence-corrected chi connectivity index (χ4v) is 13.1. The summed E-state index contributed by atoms with van der Waals surface area (Å²) in [4.78, 5) is 0. The monoisotopic (exact) mass is 606 g/mol. The molecule has 0 aromatic heterocycles. The van der Waals surface area contributed by atoms with E-state index in [1.807, 2.05) is 88.8 Å². The quantitative estimate of drug-likeness (QED) is 0.192. The van der Waals surface area contributed by atoms with Crippen molar-refractivity contribution in [3.63, 3.8) is 0 Å². The number of hydrogen-bond acceptors (Lipinski definition) is 3. The Balaban J connectivity index is 1.71. The fraction of sp³-hybridized carbons (Fsp3) is 0.167. The lowest BCUT2D eigenvalue weighted by Crippen LogP contribution is -2.59. The average molecular weight is 607 g/mol. The highest BCUT2D eigenvalue weighted by Crippen LogP contribution is 2.33. The largest absolute Gasteiger partial charge is 0.402 e. The van der Waals surface area contributed by atoms with Crippen molar-refractivity contribution >= 4 is 40.5 Å². The number of rotatable bonds is 15. The summed E-state index contributed by atoms with van der Waals surface area (Å²) in [6.07, 6.45) is 1.73. The molecule has 1 fully saturated rings. The predicted molar refractivity (Wildman–Crippen MR) is 185 cm³/mol. The zero-order chi connectivity index (χ0) is 30.1. The molecule has 0 aliphatic heterocycles. The lowest BCUT2D eigenvalue weighted by atomic mass is 9.93. The van der Waals surface area contributed by atoms with Gasteiger partial charge in [-0.15, -0.1) is 39.5 Å². The van der Waals surface area contributed by atoms with Gasteiger partial charge >= 0.3 is 0 Å². The zero-order valence-corrected chi connectivity index (χ0v) is 27.4. The van der Waals surface area contributed by atoms with Crippen molar-refractivity contribution in [3.05, 3.63) is 165 Å². The first kappa shape index (κ1) is 31.6. The molecular formula is C36H42O3Si3. The Hall–Kier alpha value is -3.37. The molecule has 0 heterocycles. The van der Waals surface area contributed by atoms with E-state index in [0.29, 0.717) is 6.42 Å². The van der Waals surface area contributed by atoms with Crippen molar-refractivity contribution in [2.45, 2.75) is 37.6 Å². The first-order valence-electron chi connectivity index (χ1n) is 14.4. The molecule has 3 atom stereocenters. The van der Waals surface area contributed by atoms with Gasteiger partial charge in [-0.3, -0.25) is 0 Å². The van der Waals surface area contributed by atoms with Crippen molar-refractivity contribution in [2.24, 2.45) is 0 Å². The van der Waals surface area contributed by atoms with Crippen LogP contribution in [0.1, 0.15) is 19.3 Å². The van der Waals surface area contributed by atoms with Gasteiger partial charge in [-0.05, 0) is 34.8 Å². The van der Waals surface area contributed by atoms with E-state index < -0.39 is 25.0 Å². The maximum Gasteiger partial charge on any atom is 0.272 e. The molecule has 0 N–H and O–H groups in total. The van der Waals surface area contributed by atoms with Crippen LogP contribution >= 0.6 is 0 Å². The summed E-state index contributed by atoms with van der Waals surface area (Å²) in [5, 5.41) is 3.34. The maximum absolute atomic E-state index is 7.18. The SMILES string of the molecule is C=C[Si](C=C)(OC1CCC(O[Si](C=C)(C=C)c2ccccc2)C(O[Si](C=C)(C=C)c2ccccc2)C1)c1ccccc1. The number of benzene rings is 3. The third-order valence-electron chi connectivity index (χ3n) is 8.23. The molecule has 0 radical (unpaired) electrons. The minimum atomic E-state index is -2.77. The molecule has 3 aromatic carbocycles. The van der Waals surface area contributed by atoms with Gasteiger partial charge in [0.1, 0.15) is 0 Å². The van der Waals surface area contributed by atoms with Gasteiger partial charge in [0.25, 0.3) is 25.0 Å². The highest BCUT2D eigenvalue weighted by atomic mass is 28.4. The standard InChI is InChI=1S/C36H42O3Si3/c1-7-40(8-2,32-22-16-13-17-23-32)37-31-28-29-35(38-41(9-3,10-4)33-24-18-14-19-25-33)36(30-31)39-42(11-5,12-6)34-26-20-15-21-27-34/h7-27,31,35-36H,1-6,28-30H2. The van der Waals surface area contributed by atoms with Crippen LogP contribution in [0.2, 0.25) is 0 Å². The molecule has 3 nitrogen and oxygen atoms in total. The minimum absolute atomic E-state index is 0.0601. The van der Waals surface area contributed by atoms with E-state index in [1.165, 1.54) is 0 Å². The Bertz CT molecular complexity index is 1350. The summed E-state index contributed by atoms with van der Waals surface area (Å²) in [6.45, 7) is 25.2. The summed E-state index contributed by atoms with van der Waals surface area (Å²) < 4.78 is 21.3. The summed E-state index contributed by atoms with van der Waals surface area (Å²) in [6, 6.07) is 30.9. The van der Waals surface area contributed by atoms with Gasteiger partial charge in [0.2, 0.25) is 0 Å². The Morgan fingerprint density at radius 1 is 0.452 bits per heavy atom. The second-order valence-electron chi connectivity index (χ2n) is 10.6. The fourth-order valence-electron chi connectivity index (χ4n) is 5.75. The third kappa shape index (κ3) is 6.49. The van der Waals surface area contributed by atoms with Crippen LogP contribution in [0.5, 0.6) is 0 Å². The molecule has 216 valence electrons. The van der Waals surface area contributed by atoms with Crippen LogP contribution in [0.25, 0.3) is 0 Å². The van der Waals surface area contributed by atoms with E-state index in [9.17, 15) is 0 Å². The summed E-state index contributed by atoms with van der Waals surface area (Å²) >= 11 is 0. The van der Waals surface area contributed by atoms with Crippen molar-refractivity contribution in [3.8, 4) is 0 Å². The van der Waals surface area contributed by atoms with E-state index in [2.05, 4.69) is 75.9 Å². The Labute approximate surface area is 255 Å². The van der Waals surface area contributed by atoms with Crippen LogP contribution < -0.4 is 15.6 Å². The van der Waals surface area contributed by atoms with Crippen molar-refractivity contribution in [1.29, 1.82) is 0 Å². The van der Waals surface area contributed by atoms with E-state index in [4.69, 9.17) is 13.3 Å². The lowest BCUT2D eigenvalue weighted by molar-refractivity contribution is -0.0222. The van der Waals surface area contributed by atoms with Crippen molar-refractivity contribution < 1.29 is 13.3 Å². The Kier molecular flexibility index (Phi) is 10.7. The molecule has 0 amide bonds. The van der Waals surface area contributed by atoms with Crippen LogP contribution in [0, 0.1) is 0 Å². The molecule has 42 heavy (non-hydrogen) atoms. The smallest absolute Gasteiger partial charge is 0.272 e. The second-order valence-corrected chi connectivity index (χ2v) is 20.2. The molecule has 4 rings (SSSR count). The Morgan fingerprint density at radius 3 is 1.14 bits per heavy atom. The average Bonchev–Trinajstić information content (AvgIpc) is 3.07. The molecule has 1 saturated carbocycles. The summed E-state index contributed by atoms with van der Waals surface area (Å²) in [5.41, 5.74) is 11.8. The van der Waals surface area contributed by atoms with Crippen LogP contribution in [0.3, 0.4) is 0 Å². The molecule has 3 unspecified atom stereocenters. The van der Waals surface area contributed by atoms with Crippen LogP contribution in [0.4, 0.5) is 0 Å². The topological polar surface area (TPSA) is 27.7 Å². The predicted octanol–water partition coefficient (Wildman–Crippen LogP) is 6.24.